The molecule has 2 aliphatic rings. The van der Waals surface area contributed by atoms with E-state index in [4.69, 9.17) is 0 Å². The summed E-state index contributed by atoms with van der Waals surface area (Å²) in [6, 6.07) is 0. The molecule has 0 unspecified atom stereocenters. The van der Waals surface area contributed by atoms with E-state index in [0.717, 1.165) is 25.9 Å². The molecule has 0 aromatic carbocycles. The molecule has 0 atom stereocenters. The molecule has 2 rings (SSSR count). The van der Waals surface area contributed by atoms with Gasteiger partial charge in [0, 0.05) is 19.5 Å². The Morgan fingerprint density at radius 1 is 1.58 bits per heavy atom. The molecule has 1 saturated heterocycles. The van der Waals surface area contributed by atoms with Crippen molar-refractivity contribution in [2.24, 2.45) is 5.41 Å². The van der Waals surface area contributed by atoms with Crippen LogP contribution in [0.2, 0.25) is 0 Å². The zero-order valence-corrected chi connectivity index (χ0v) is 7.60. The van der Waals surface area contributed by atoms with E-state index in [1.54, 1.807) is 5.01 Å². The van der Waals surface area contributed by atoms with Crippen molar-refractivity contribution in [1.29, 1.82) is 0 Å². The Hall–Kier alpha value is -0.570. The van der Waals surface area contributed by atoms with Crippen LogP contribution in [0, 0.1) is 5.41 Å². The van der Waals surface area contributed by atoms with Crippen LogP contribution in [0.15, 0.2) is 0 Å². The maximum Gasteiger partial charge on any atom is 0.237 e. The summed E-state index contributed by atoms with van der Waals surface area (Å²) in [6.07, 6.45) is 4.29. The molecule has 0 aromatic heterocycles. The van der Waals surface area contributed by atoms with Crippen molar-refractivity contribution < 1.29 is 4.79 Å². The van der Waals surface area contributed by atoms with E-state index in [1.807, 2.05) is 0 Å². The van der Waals surface area contributed by atoms with E-state index in [9.17, 15) is 4.79 Å². The predicted octanol–water partition coefficient (Wildman–Crippen LogP) is 0.913. The standard InChI is InChI=1S/C9H16N2O/c1-9(3-4-9)7-8(12)11-6-2-5-10-11/h10H,2-7H2,1H3. The molecule has 0 bridgehead atoms. The van der Waals surface area contributed by atoms with E-state index >= 15 is 0 Å². The average Bonchev–Trinajstić information content (AvgIpc) is 2.55. The van der Waals surface area contributed by atoms with Crippen LogP contribution in [0.1, 0.15) is 32.6 Å². The van der Waals surface area contributed by atoms with Gasteiger partial charge >= 0.3 is 0 Å². The highest BCUT2D eigenvalue weighted by Gasteiger charge is 2.40. The van der Waals surface area contributed by atoms with Gasteiger partial charge in [0.1, 0.15) is 0 Å². The van der Waals surface area contributed by atoms with Crippen LogP contribution < -0.4 is 5.43 Å². The average molecular weight is 168 g/mol. The first-order valence-electron chi connectivity index (χ1n) is 4.74. The zero-order valence-electron chi connectivity index (χ0n) is 7.60. The van der Waals surface area contributed by atoms with E-state index in [0.29, 0.717) is 5.41 Å². The lowest BCUT2D eigenvalue weighted by molar-refractivity contribution is -0.133. The Balaban J connectivity index is 1.83. The topological polar surface area (TPSA) is 32.3 Å². The number of nitrogens with zero attached hydrogens (tertiary/aromatic N) is 1. The van der Waals surface area contributed by atoms with Crippen molar-refractivity contribution in [2.45, 2.75) is 32.6 Å². The van der Waals surface area contributed by atoms with Crippen LogP contribution in [0.4, 0.5) is 0 Å². The highest BCUT2D eigenvalue weighted by atomic mass is 16.2. The quantitative estimate of drug-likeness (QED) is 0.664. The number of hydrogen-bond donors (Lipinski definition) is 1. The molecule has 68 valence electrons. The number of amides is 1. The third-order valence-electron chi connectivity index (χ3n) is 2.84. The van der Waals surface area contributed by atoms with Gasteiger partial charge < -0.3 is 0 Å². The fourth-order valence-corrected chi connectivity index (χ4v) is 1.59. The van der Waals surface area contributed by atoms with E-state index in [-0.39, 0.29) is 5.91 Å². The lowest BCUT2D eigenvalue weighted by Gasteiger charge is -2.17. The summed E-state index contributed by atoms with van der Waals surface area (Å²) in [5, 5.41) is 1.78. The summed E-state index contributed by atoms with van der Waals surface area (Å²) in [5.74, 6) is 0.285. The lowest BCUT2D eigenvalue weighted by Crippen LogP contribution is -2.37. The molecule has 0 radical (unpaired) electrons. The van der Waals surface area contributed by atoms with Gasteiger partial charge in [-0.1, -0.05) is 6.92 Å². The Labute approximate surface area is 73.1 Å². The monoisotopic (exact) mass is 168 g/mol. The minimum atomic E-state index is 0.285. The number of rotatable bonds is 2. The first-order chi connectivity index (χ1) is 5.70. The van der Waals surface area contributed by atoms with Crippen molar-refractivity contribution in [2.75, 3.05) is 13.1 Å². The van der Waals surface area contributed by atoms with Gasteiger partial charge in [-0.25, -0.2) is 5.43 Å². The van der Waals surface area contributed by atoms with E-state index < -0.39 is 0 Å². The van der Waals surface area contributed by atoms with Crippen molar-refractivity contribution >= 4 is 5.91 Å². The summed E-state index contributed by atoms with van der Waals surface area (Å²) in [4.78, 5) is 11.6. The number of carbonyl (C=O) groups is 1. The van der Waals surface area contributed by atoms with Gasteiger partial charge in [0.05, 0.1) is 0 Å². The van der Waals surface area contributed by atoms with Crippen LogP contribution in [0.25, 0.3) is 0 Å². The molecule has 3 nitrogen and oxygen atoms in total. The fourth-order valence-electron chi connectivity index (χ4n) is 1.59. The summed E-state index contributed by atoms with van der Waals surface area (Å²) < 4.78 is 0. The van der Waals surface area contributed by atoms with Crippen LogP contribution >= 0.6 is 0 Å². The molecule has 1 amide bonds. The Bertz CT molecular complexity index is 193. The first kappa shape index (κ1) is 8.05. The maximum absolute atomic E-state index is 11.6. The van der Waals surface area contributed by atoms with Crippen molar-refractivity contribution in [3.63, 3.8) is 0 Å². The van der Waals surface area contributed by atoms with Crippen molar-refractivity contribution in [1.82, 2.24) is 10.4 Å². The molecule has 1 N–H and O–H groups in total. The van der Waals surface area contributed by atoms with Crippen LogP contribution in [-0.2, 0) is 4.79 Å². The molecule has 3 heteroatoms. The van der Waals surface area contributed by atoms with Crippen molar-refractivity contribution in [3.05, 3.63) is 0 Å². The molecule has 0 aromatic rings. The normalized spacial score (nSPS) is 25.9. The molecule has 1 saturated carbocycles. The number of nitrogens with one attached hydrogen (secondary N) is 1. The van der Waals surface area contributed by atoms with E-state index in [2.05, 4.69) is 12.3 Å². The number of carbonyl (C=O) groups excluding carboxylic acids is 1. The van der Waals surface area contributed by atoms with Crippen molar-refractivity contribution in [3.8, 4) is 0 Å². The number of hydrazine groups is 1. The summed E-state index contributed by atoms with van der Waals surface area (Å²) in [6.45, 7) is 4.05. The molecule has 0 spiro atoms. The van der Waals surface area contributed by atoms with Crippen LogP contribution in [0.3, 0.4) is 0 Å². The Kier molecular flexibility index (Phi) is 1.83. The van der Waals surface area contributed by atoms with Gasteiger partial charge in [0.15, 0.2) is 0 Å². The van der Waals surface area contributed by atoms with Gasteiger partial charge in [0.25, 0.3) is 0 Å². The molecular formula is C9H16N2O. The Morgan fingerprint density at radius 2 is 2.33 bits per heavy atom. The first-order valence-corrected chi connectivity index (χ1v) is 4.74. The largest absolute Gasteiger partial charge is 0.278 e. The van der Waals surface area contributed by atoms with Gasteiger partial charge in [0.2, 0.25) is 5.91 Å². The molecule has 1 aliphatic heterocycles. The third kappa shape index (κ3) is 1.61. The zero-order chi connectivity index (χ0) is 8.60. The predicted molar refractivity (Wildman–Crippen MR) is 46.3 cm³/mol. The lowest BCUT2D eigenvalue weighted by atomic mass is 10.1. The van der Waals surface area contributed by atoms with E-state index in [1.165, 1.54) is 12.8 Å². The smallest absolute Gasteiger partial charge is 0.237 e. The highest BCUT2D eigenvalue weighted by Crippen LogP contribution is 2.48. The highest BCUT2D eigenvalue weighted by molar-refractivity contribution is 5.77. The fraction of sp³-hybridized carbons (Fsp3) is 0.889. The maximum atomic E-state index is 11.6. The molecule has 2 fully saturated rings. The van der Waals surface area contributed by atoms with Crippen LogP contribution in [0.5, 0.6) is 0 Å². The van der Waals surface area contributed by atoms with Gasteiger partial charge in [-0.15, -0.1) is 0 Å². The SMILES string of the molecule is CC1(CC(=O)N2CCCN2)CC1. The number of hydrogen-bond acceptors (Lipinski definition) is 2. The van der Waals surface area contributed by atoms with Gasteiger partial charge in [-0.3, -0.25) is 9.80 Å². The molecular weight excluding hydrogens is 152 g/mol. The summed E-state index contributed by atoms with van der Waals surface area (Å²) in [7, 11) is 0. The molecule has 1 aliphatic carbocycles. The minimum absolute atomic E-state index is 0.285. The Morgan fingerprint density at radius 3 is 2.83 bits per heavy atom. The van der Waals surface area contributed by atoms with Gasteiger partial charge in [-0.05, 0) is 24.7 Å². The van der Waals surface area contributed by atoms with Crippen LogP contribution in [-0.4, -0.2) is 24.0 Å². The second-order valence-electron chi connectivity index (χ2n) is 4.29. The second-order valence-corrected chi connectivity index (χ2v) is 4.29. The summed E-state index contributed by atoms with van der Waals surface area (Å²) >= 11 is 0. The van der Waals surface area contributed by atoms with Gasteiger partial charge in [-0.2, -0.15) is 0 Å². The second kappa shape index (κ2) is 2.73. The minimum Gasteiger partial charge on any atom is -0.278 e. The third-order valence-corrected chi connectivity index (χ3v) is 2.84. The molecule has 1 heterocycles. The molecule has 12 heavy (non-hydrogen) atoms. The summed E-state index contributed by atoms with van der Waals surface area (Å²) in [5.41, 5.74) is 3.44.